The molecule has 30 heavy (non-hydrogen) atoms. The summed E-state index contributed by atoms with van der Waals surface area (Å²) in [6.45, 7) is 15.6. The highest BCUT2D eigenvalue weighted by molar-refractivity contribution is 5.63. The van der Waals surface area contributed by atoms with Crippen LogP contribution >= 0.6 is 0 Å². The number of aryl methyl sites for hydroxylation is 3. The van der Waals surface area contributed by atoms with Crippen LogP contribution in [0.15, 0.2) is 37.2 Å². The van der Waals surface area contributed by atoms with E-state index < -0.39 is 0 Å². The normalized spacial score (nSPS) is 19.6. The number of allylic oxidation sites excluding steroid dienone is 1. The van der Waals surface area contributed by atoms with Gasteiger partial charge in [-0.25, -0.2) is 0 Å². The number of hydrogen-bond acceptors (Lipinski definition) is 1. The summed E-state index contributed by atoms with van der Waals surface area (Å²) in [4.78, 5) is 2.22. The molecule has 0 aliphatic heterocycles. The minimum absolute atomic E-state index is 0.580. The summed E-state index contributed by atoms with van der Waals surface area (Å²) in [5, 5.41) is 0. The van der Waals surface area contributed by atoms with Crippen LogP contribution in [-0.2, 0) is 0 Å². The van der Waals surface area contributed by atoms with Crippen LogP contribution in [0.3, 0.4) is 0 Å². The van der Waals surface area contributed by atoms with Gasteiger partial charge in [-0.2, -0.15) is 0 Å². The van der Waals surface area contributed by atoms with Gasteiger partial charge in [0.2, 0.25) is 0 Å². The second kappa shape index (κ2) is 13.0. The highest BCUT2D eigenvalue weighted by Crippen LogP contribution is 2.33. The third-order valence-corrected chi connectivity index (χ3v) is 7.36. The fourth-order valence-electron chi connectivity index (χ4n) is 5.36. The summed E-state index contributed by atoms with van der Waals surface area (Å²) < 4.78 is 0. The molecule has 0 aromatic heterocycles. The van der Waals surface area contributed by atoms with Crippen molar-refractivity contribution in [3.8, 4) is 0 Å². The Bertz CT molecular complexity index is 636. The molecule has 1 fully saturated rings. The summed E-state index contributed by atoms with van der Waals surface area (Å²) in [6, 6.07) is 4.53. The van der Waals surface area contributed by atoms with Crippen molar-refractivity contribution in [3.05, 3.63) is 53.9 Å². The number of benzene rings is 1. The topological polar surface area (TPSA) is 3.24 Å². The molecule has 1 aliphatic rings. The quantitative estimate of drug-likeness (QED) is 0.452. The Balaban J connectivity index is 2.04. The molecule has 2 unspecified atom stereocenters. The molecule has 0 radical (unpaired) electrons. The maximum atomic E-state index is 4.09. The Morgan fingerprint density at radius 1 is 0.833 bits per heavy atom. The molecular weight excluding hydrogens is 362 g/mol. The van der Waals surface area contributed by atoms with Crippen molar-refractivity contribution in [1.82, 2.24) is 0 Å². The lowest BCUT2D eigenvalue weighted by atomic mass is 9.78. The Morgan fingerprint density at radius 3 is 1.77 bits per heavy atom. The van der Waals surface area contributed by atoms with E-state index in [4.69, 9.17) is 0 Å². The van der Waals surface area contributed by atoms with Gasteiger partial charge >= 0.3 is 0 Å². The minimum atomic E-state index is 0.580. The summed E-state index contributed by atoms with van der Waals surface area (Å²) in [5.41, 5.74) is 5.23. The molecule has 2 rings (SSSR count). The van der Waals surface area contributed by atoms with E-state index in [2.05, 4.69) is 70.5 Å². The first-order valence-corrected chi connectivity index (χ1v) is 12.6. The van der Waals surface area contributed by atoms with Gasteiger partial charge in [0.15, 0.2) is 0 Å². The van der Waals surface area contributed by atoms with Crippen LogP contribution < -0.4 is 4.90 Å². The maximum Gasteiger partial charge on any atom is 0.0507 e. The molecule has 0 N–H and O–H groups in total. The second-order valence-corrected chi connectivity index (χ2v) is 9.92. The molecule has 1 aromatic rings. The second-order valence-electron chi connectivity index (χ2n) is 9.92. The van der Waals surface area contributed by atoms with E-state index in [0.717, 1.165) is 11.8 Å². The zero-order chi connectivity index (χ0) is 21.9. The van der Waals surface area contributed by atoms with E-state index in [-0.39, 0.29) is 0 Å². The Hall–Kier alpha value is -1.50. The van der Waals surface area contributed by atoms with Crippen LogP contribution in [0.5, 0.6) is 0 Å². The van der Waals surface area contributed by atoms with Gasteiger partial charge < -0.3 is 4.90 Å². The lowest BCUT2D eigenvalue weighted by Crippen LogP contribution is -2.19. The first-order chi connectivity index (χ1) is 14.4. The first-order valence-electron chi connectivity index (χ1n) is 12.6. The fraction of sp³-hybridized carbons (Fsp3) is 0.655. The molecule has 1 heteroatoms. The monoisotopic (exact) mass is 409 g/mol. The van der Waals surface area contributed by atoms with Crippen LogP contribution in [0.25, 0.3) is 0 Å². The maximum absolute atomic E-state index is 4.09. The zero-order valence-corrected chi connectivity index (χ0v) is 20.6. The van der Waals surface area contributed by atoms with Gasteiger partial charge in [0.05, 0.1) is 5.69 Å². The van der Waals surface area contributed by atoms with Crippen molar-refractivity contribution in [1.29, 1.82) is 0 Å². The Kier molecular flexibility index (Phi) is 10.8. The van der Waals surface area contributed by atoms with Crippen LogP contribution in [-0.4, -0.2) is 0 Å². The van der Waals surface area contributed by atoms with Gasteiger partial charge in [-0.05, 0) is 49.7 Å². The van der Waals surface area contributed by atoms with E-state index in [9.17, 15) is 0 Å². The molecule has 2 atom stereocenters. The predicted octanol–water partition coefficient (Wildman–Crippen LogP) is 9.27. The Morgan fingerprint density at radius 2 is 1.30 bits per heavy atom. The van der Waals surface area contributed by atoms with Crippen molar-refractivity contribution in [3.63, 3.8) is 0 Å². The average Bonchev–Trinajstić information content (AvgIpc) is 2.69. The summed E-state index contributed by atoms with van der Waals surface area (Å²) in [6.07, 6.45) is 22.4. The van der Waals surface area contributed by atoms with Crippen molar-refractivity contribution in [2.45, 2.75) is 105 Å². The molecule has 0 saturated heterocycles. The van der Waals surface area contributed by atoms with E-state index in [0.29, 0.717) is 5.92 Å². The molecule has 0 amide bonds. The van der Waals surface area contributed by atoms with E-state index >= 15 is 0 Å². The highest BCUT2D eigenvalue weighted by Gasteiger charge is 2.21. The van der Waals surface area contributed by atoms with E-state index in [1.807, 2.05) is 6.20 Å². The lowest BCUT2D eigenvalue weighted by molar-refractivity contribution is 0.250. The Labute approximate surface area is 187 Å². The molecule has 168 valence electrons. The average molecular weight is 410 g/mol. The van der Waals surface area contributed by atoms with Crippen LogP contribution in [0.2, 0.25) is 0 Å². The van der Waals surface area contributed by atoms with E-state index in [1.54, 1.807) is 0 Å². The minimum Gasteiger partial charge on any atom is -0.324 e. The van der Waals surface area contributed by atoms with Gasteiger partial charge in [-0.15, -0.1) is 0 Å². The first kappa shape index (κ1) is 24.8. The van der Waals surface area contributed by atoms with Crippen molar-refractivity contribution < 1.29 is 0 Å². The number of rotatable bonds is 6. The molecule has 1 nitrogen and oxygen atoms in total. The third kappa shape index (κ3) is 7.64. The number of nitrogens with zero attached hydrogens (tertiary/aromatic N) is 1. The molecule has 1 aromatic carbocycles. The SMILES string of the molecule is C=CN(C=CC(C)C(C)C1CCCCCCCCCCC1)c1c(C)cc(C)cc1C. The molecule has 0 heterocycles. The highest BCUT2D eigenvalue weighted by atomic mass is 15.1. The van der Waals surface area contributed by atoms with Crippen LogP contribution in [0.1, 0.15) is 101 Å². The molecule has 0 bridgehead atoms. The van der Waals surface area contributed by atoms with Crippen LogP contribution in [0, 0.1) is 38.5 Å². The van der Waals surface area contributed by atoms with Gasteiger partial charge in [0.1, 0.15) is 0 Å². The van der Waals surface area contributed by atoms with Gasteiger partial charge in [-0.3, -0.25) is 0 Å². The molecule has 1 aliphatic carbocycles. The number of anilines is 1. The van der Waals surface area contributed by atoms with E-state index in [1.165, 1.54) is 93.0 Å². The van der Waals surface area contributed by atoms with Crippen molar-refractivity contribution >= 4 is 5.69 Å². The van der Waals surface area contributed by atoms with Gasteiger partial charge in [-0.1, -0.05) is 115 Å². The summed E-state index contributed by atoms with van der Waals surface area (Å²) in [5.74, 6) is 2.18. The zero-order valence-electron chi connectivity index (χ0n) is 20.6. The number of hydrogen-bond donors (Lipinski definition) is 0. The molecule has 0 spiro atoms. The van der Waals surface area contributed by atoms with Crippen molar-refractivity contribution in [2.24, 2.45) is 17.8 Å². The van der Waals surface area contributed by atoms with Crippen molar-refractivity contribution in [2.75, 3.05) is 4.90 Å². The van der Waals surface area contributed by atoms with Gasteiger partial charge in [0, 0.05) is 12.4 Å². The standard InChI is InChI=1S/C29H47N/c1-7-30(29-25(4)21-23(2)22-26(29)5)20-19-24(3)27(6)28-17-15-13-11-9-8-10-12-14-16-18-28/h7,19-22,24,27-28H,1,8-18H2,2-6H3. The smallest absolute Gasteiger partial charge is 0.0507 e. The predicted molar refractivity (Wildman–Crippen MR) is 135 cm³/mol. The lowest BCUT2D eigenvalue weighted by Gasteiger charge is -2.29. The largest absolute Gasteiger partial charge is 0.324 e. The summed E-state index contributed by atoms with van der Waals surface area (Å²) in [7, 11) is 0. The van der Waals surface area contributed by atoms with Crippen LogP contribution in [0.4, 0.5) is 5.69 Å². The fourth-order valence-corrected chi connectivity index (χ4v) is 5.36. The van der Waals surface area contributed by atoms with Gasteiger partial charge in [0.25, 0.3) is 0 Å². The molecule has 1 saturated carbocycles. The summed E-state index contributed by atoms with van der Waals surface area (Å²) >= 11 is 0. The third-order valence-electron chi connectivity index (χ3n) is 7.36. The molecular formula is C29H47N.